The lowest BCUT2D eigenvalue weighted by Gasteiger charge is -2.34. The number of nitrogens with zero attached hydrogens (tertiary/aromatic N) is 1. The van der Waals surface area contributed by atoms with Crippen LogP contribution in [0.1, 0.15) is 5.56 Å². The normalized spacial score (nSPS) is 19.2. The zero-order valence-corrected chi connectivity index (χ0v) is 12.7. The minimum atomic E-state index is -0.268. The van der Waals surface area contributed by atoms with Gasteiger partial charge in [0, 0.05) is 38.4 Å². The van der Waals surface area contributed by atoms with Crippen LogP contribution in [0.3, 0.4) is 0 Å². The van der Waals surface area contributed by atoms with Crippen molar-refractivity contribution in [2.45, 2.75) is 12.6 Å². The van der Waals surface area contributed by atoms with Gasteiger partial charge in [0.25, 0.3) is 0 Å². The van der Waals surface area contributed by atoms with Crippen molar-refractivity contribution in [3.63, 3.8) is 0 Å². The van der Waals surface area contributed by atoms with E-state index in [1.54, 1.807) is 21.3 Å². The van der Waals surface area contributed by atoms with E-state index in [4.69, 9.17) is 14.2 Å². The van der Waals surface area contributed by atoms with Crippen LogP contribution in [0.25, 0.3) is 0 Å². The van der Waals surface area contributed by atoms with Crippen molar-refractivity contribution in [3.8, 4) is 11.5 Å². The first kappa shape index (κ1) is 15.6. The van der Waals surface area contributed by atoms with Gasteiger partial charge < -0.3 is 19.5 Å². The molecule has 0 aliphatic carbocycles. The summed E-state index contributed by atoms with van der Waals surface area (Å²) >= 11 is 0. The van der Waals surface area contributed by atoms with Crippen LogP contribution in [-0.4, -0.2) is 57.9 Å². The third kappa shape index (κ3) is 3.65. The second kappa shape index (κ2) is 7.28. The van der Waals surface area contributed by atoms with Crippen LogP contribution in [0.15, 0.2) is 18.2 Å². The van der Waals surface area contributed by atoms with E-state index in [9.17, 15) is 4.79 Å². The van der Waals surface area contributed by atoms with Crippen LogP contribution >= 0.6 is 0 Å². The molecule has 1 saturated heterocycles. The molecular weight excluding hydrogens is 272 g/mol. The number of benzene rings is 1. The monoisotopic (exact) mass is 294 g/mol. The van der Waals surface area contributed by atoms with Crippen LogP contribution < -0.4 is 14.8 Å². The quantitative estimate of drug-likeness (QED) is 0.835. The Kier molecular flexibility index (Phi) is 5.41. The van der Waals surface area contributed by atoms with Crippen molar-refractivity contribution in [1.29, 1.82) is 0 Å². The summed E-state index contributed by atoms with van der Waals surface area (Å²) in [5.74, 6) is 1.52. The Labute approximate surface area is 125 Å². The van der Waals surface area contributed by atoms with Crippen molar-refractivity contribution in [2.75, 3.05) is 41.0 Å². The van der Waals surface area contributed by atoms with Crippen LogP contribution in [-0.2, 0) is 16.1 Å². The molecular formula is C15H22N2O4. The molecule has 1 atom stereocenters. The van der Waals surface area contributed by atoms with Gasteiger partial charge in [0.2, 0.25) is 5.91 Å². The Morgan fingerprint density at radius 3 is 2.76 bits per heavy atom. The van der Waals surface area contributed by atoms with Crippen molar-refractivity contribution < 1.29 is 19.0 Å². The fourth-order valence-corrected chi connectivity index (χ4v) is 2.49. The topological polar surface area (TPSA) is 60.0 Å². The van der Waals surface area contributed by atoms with E-state index in [2.05, 4.69) is 10.2 Å². The number of carbonyl (C=O) groups is 1. The Balaban J connectivity index is 2.17. The maximum Gasteiger partial charge on any atom is 0.239 e. The molecule has 116 valence electrons. The van der Waals surface area contributed by atoms with E-state index >= 15 is 0 Å². The summed E-state index contributed by atoms with van der Waals surface area (Å²) < 4.78 is 15.8. The standard InChI is InChI=1S/C15H22N2O4/c1-19-10-13-15(18)16-6-7-17(13)9-11-4-5-12(20-2)8-14(11)21-3/h4-5,8,13H,6-7,9-10H2,1-3H3,(H,16,18). The maximum atomic E-state index is 12.0. The van der Waals surface area contributed by atoms with Crippen molar-refractivity contribution in [1.82, 2.24) is 10.2 Å². The summed E-state index contributed by atoms with van der Waals surface area (Å²) in [5.41, 5.74) is 1.02. The second-order valence-corrected chi connectivity index (χ2v) is 4.91. The number of methoxy groups -OCH3 is 3. The molecule has 1 heterocycles. The summed E-state index contributed by atoms with van der Waals surface area (Å²) in [5, 5.41) is 2.87. The predicted molar refractivity (Wildman–Crippen MR) is 78.6 cm³/mol. The molecule has 21 heavy (non-hydrogen) atoms. The average Bonchev–Trinajstić information content (AvgIpc) is 2.51. The molecule has 0 radical (unpaired) electrons. The lowest BCUT2D eigenvalue weighted by molar-refractivity contribution is -0.131. The van der Waals surface area contributed by atoms with Crippen LogP contribution in [0.4, 0.5) is 0 Å². The SMILES string of the molecule is COCC1C(=O)NCCN1Cc1ccc(OC)cc1OC. The summed E-state index contributed by atoms with van der Waals surface area (Å²) in [7, 11) is 4.86. The fraction of sp³-hybridized carbons (Fsp3) is 0.533. The highest BCUT2D eigenvalue weighted by Crippen LogP contribution is 2.26. The van der Waals surface area contributed by atoms with Crippen molar-refractivity contribution in [3.05, 3.63) is 23.8 Å². The zero-order chi connectivity index (χ0) is 15.2. The smallest absolute Gasteiger partial charge is 0.239 e. The van der Waals surface area contributed by atoms with Gasteiger partial charge in [-0.15, -0.1) is 0 Å². The van der Waals surface area contributed by atoms with E-state index in [0.29, 0.717) is 19.7 Å². The van der Waals surface area contributed by atoms with Gasteiger partial charge in [0.1, 0.15) is 17.5 Å². The molecule has 1 aromatic rings. The van der Waals surface area contributed by atoms with E-state index < -0.39 is 0 Å². The fourth-order valence-electron chi connectivity index (χ4n) is 2.49. The molecule has 0 saturated carbocycles. The third-order valence-corrected chi connectivity index (χ3v) is 3.63. The molecule has 1 fully saturated rings. The van der Waals surface area contributed by atoms with E-state index in [-0.39, 0.29) is 11.9 Å². The van der Waals surface area contributed by atoms with E-state index in [1.807, 2.05) is 18.2 Å². The van der Waals surface area contributed by atoms with E-state index in [1.165, 1.54) is 0 Å². The lowest BCUT2D eigenvalue weighted by atomic mass is 10.1. The predicted octanol–water partition coefficient (Wildman–Crippen LogP) is 0.651. The number of ether oxygens (including phenoxy) is 3. The summed E-state index contributed by atoms with van der Waals surface area (Å²) in [6.07, 6.45) is 0. The lowest BCUT2D eigenvalue weighted by Crippen LogP contribution is -2.56. The van der Waals surface area contributed by atoms with Gasteiger partial charge in [0.05, 0.1) is 20.8 Å². The number of carbonyl (C=O) groups excluding carboxylic acids is 1. The number of hydrogen-bond donors (Lipinski definition) is 1. The van der Waals surface area contributed by atoms with Crippen molar-refractivity contribution >= 4 is 5.91 Å². The largest absolute Gasteiger partial charge is 0.497 e. The molecule has 1 aliphatic rings. The highest BCUT2D eigenvalue weighted by atomic mass is 16.5. The molecule has 0 aromatic heterocycles. The van der Waals surface area contributed by atoms with Gasteiger partial charge in [-0.2, -0.15) is 0 Å². The Hall–Kier alpha value is -1.79. The van der Waals surface area contributed by atoms with Gasteiger partial charge in [0.15, 0.2) is 0 Å². The van der Waals surface area contributed by atoms with Gasteiger partial charge >= 0.3 is 0 Å². The molecule has 1 amide bonds. The number of piperazine rings is 1. The summed E-state index contributed by atoms with van der Waals surface area (Å²) in [6.45, 7) is 2.45. The molecule has 1 unspecified atom stereocenters. The van der Waals surface area contributed by atoms with Gasteiger partial charge in [-0.05, 0) is 6.07 Å². The van der Waals surface area contributed by atoms with Crippen LogP contribution in [0.5, 0.6) is 11.5 Å². The van der Waals surface area contributed by atoms with Gasteiger partial charge in [-0.25, -0.2) is 0 Å². The minimum absolute atomic E-state index is 0.00979. The first-order valence-electron chi connectivity index (χ1n) is 6.91. The third-order valence-electron chi connectivity index (χ3n) is 3.63. The molecule has 1 N–H and O–H groups in total. The van der Waals surface area contributed by atoms with Gasteiger partial charge in [-0.1, -0.05) is 6.07 Å². The molecule has 0 spiro atoms. The Morgan fingerprint density at radius 1 is 1.29 bits per heavy atom. The zero-order valence-electron chi connectivity index (χ0n) is 12.7. The molecule has 1 aliphatic heterocycles. The number of nitrogens with one attached hydrogen (secondary N) is 1. The van der Waals surface area contributed by atoms with Gasteiger partial charge in [-0.3, -0.25) is 9.69 Å². The number of amides is 1. The first-order chi connectivity index (χ1) is 10.2. The molecule has 6 nitrogen and oxygen atoms in total. The Bertz CT molecular complexity index is 493. The molecule has 0 bridgehead atoms. The molecule has 2 rings (SSSR count). The van der Waals surface area contributed by atoms with Crippen LogP contribution in [0.2, 0.25) is 0 Å². The number of rotatable bonds is 6. The highest BCUT2D eigenvalue weighted by molar-refractivity contribution is 5.82. The minimum Gasteiger partial charge on any atom is -0.497 e. The number of hydrogen-bond acceptors (Lipinski definition) is 5. The van der Waals surface area contributed by atoms with Crippen LogP contribution in [0, 0.1) is 0 Å². The summed E-state index contributed by atoms with van der Waals surface area (Å²) in [4.78, 5) is 14.1. The maximum absolute atomic E-state index is 12.0. The highest BCUT2D eigenvalue weighted by Gasteiger charge is 2.30. The summed E-state index contributed by atoms with van der Waals surface area (Å²) in [6, 6.07) is 5.45. The van der Waals surface area contributed by atoms with Crippen molar-refractivity contribution in [2.24, 2.45) is 0 Å². The Morgan fingerprint density at radius 2 is 2.10 bits per heavy atom. The average molecular weight is 294 g/mol. The second-order valence-electron chi connectivity index (χ2n) is 4.91. The van der Waals surface area contributed by atoms with E-state index in [0.717, 1.165) is 23.6 Å². The molecule has 6 heteroatoms. The molecule has 1 aromatic carbocycles. The first-order valence-corrected chi connectivity index (χ1v) is 6.91.